The summed E-state index contributed by atoms with van der Waals surface area (Å²) in [6.07, 6.45) is 31.8. The number of benzene rings is 4. The maximum Gasteiger partial charge on any atom is 2.00 e. The van der Waals surface area contributed by atoms with Crippen LogP contribution in [0.4, 0.5) is 0 Å². The molecule has 0 heterocycles. The number of rotatable bonds is 28. The maximum absolute atomic E-state index is 11.7. The molecule has 0 amide bonds. The van der Waals surface area contributed by atoms with Crippen LogP contribution < -0.4 is 0 Å². The van der Waals surface area contributed by atoms with E-state index in [9.17, 15) is 25.9 Å². The van der Waals surface area contributed by atoms with Crippen molar-refractivity contribution in [1.82, 2.24) is 0 Å². The first-order valence-corrected chi connectivity index (χ1v) is 24.8. The monoisotopic (exact) mass is 846 g/mol. The van der Waals surface area contributed by atoms with Crippen LogP contribution in [0, 0.1) is 0 Å². The molecule has 0 spiro atoms. The quantitative estimate of drug-likeness (QED) is 0.0319. The minimum Gasteiger partial charge on any atom is -0.744 e. The summed E-state index contributed by atoms with van der Waals surface area (Å²) in [6, 6.07) is 22.0. The van der Waals surface area contributed by atoms with E-state index < -0.39 is 20.2 Å². The molecule has 4 aromatic rings. The number of fused-ring (bicyclic) bond motifs is 2. The average molecular weight is 847 g/mol. The van der Waals surface area contributed by atoms with Gasteiger partial charge >= 0.3 is 37.7 Å². The van der Waals surface area contributed by atoms with Crippen LogP contribution in [0.25, 0.3) is 21.5 Å². The standard InChI is InChI=1S/2C24H36O3S.Ca/c2*1-2-3-4-5-6-7-8-9-10-11-12-13-18-23-19-21-16-14-15-17-22(21)20-24(23)28(25,26)27;/h2*14-17,19-20H,2-13,18H2,1H3,(H,25,26,27);/q;;+2/p-2. The number of unbranched alkanes of at least 4 members (excludes halogenated alkanes) is 22. The Morgan fingerprint density at radius 3 is 0.842 bits per heavy atom. The molecule has 6 nitrogen and oxygen atoms in total. The second-order valence-corrected chi connectivity index (χ2v) is 18.5. The molecule has 9 heteroatoms. The molecule has 0 atom stereocenters. The van der Waals surface area contributed by atoms with Crippen LogP contribution in [0.3, 0.4) is 0 Å². The van der Waals surface area contributed by atoms with Gasteiger partial charge in [-0.3, -0.25) is 0 Å². The molecule has 4 rings (SSSR count). The van der Waals surface area contributed by atoms with E-state index in [1.165, 1.54) is 141 Å². The third kappa shape index (κ3) is 21.0. The summed E-state index contributed by atoms with van der Waals surface area (Å²) in [5.41, 5.74) is 1.33. The van der Waals surface area contributed by atoms with Crippen molar-refractivity contribution < 1.29 is 25.9 Å². The Kier molecular flexibility index (Phi) is 26.9. The smallest absolute Gasteiger partial charge is 0.744 e. The van der Waals surface area contributed by atoms with Crippen LogP contribution in [0.1, 0.15) is 179 Å². The molecular weight excluding hydrogens is 777 g/mol. The zero-order chi connectivity index (χ0) is 40.5. The van der Waals surface area contributed by atoms with E-state index in [1.54, 1.807) is 0 Å². The minimum absolute atomic E-state index is 0. The molecular formula is C48H70CaO6S2. The van der Waals surface area contributed by atoms with Crippen molar-refractivity contribution in [2.75, 3.05) is 0 Å². The van der Waals surface area contributed by atoms with Crippen molar-refractivity contribution in [2.45, 2.75) is 191 Å². The van der Waals surface area contributed by atoms with E-state index in [1.807, 2.05) is 60.7 Å². The van der Waals surface area contributed by atoms with Gasteiger partial charge < -0.3 is 9.11 Å². The summed E-state index contributed by atoms with van der Waals surface area (Å²) >= 11 is 0. The molecule has 0 aliphatic rings. The summed E-state index contributed by atoms with van der Waals surface area (Å²) in [5, 5.41) is 3.58. The van der Waals surface area contributed by atoms with Gasteiger partial charge in [-0.25, -0.2) is 16.8 Å². The minimum atomic E-state index is -4.44. The molecule has 0 bridgehead atoms. The molecule has 0 saturated heterocycles. The van der Waals surface area contributed by atoms with E-state index in [4.69, 9.17) is 0 Å². The van der Waals surface area contributed by atoms with Crippen molar-refractivity contribution in [3.05, 3.63) is 83.9 Å². The SMILES string of the molecule is CCCCCCCCCCCCCCc1cc2ccccc2cc1S(=O)(=O)[O-].CCCCCCCCCCCCCCc1cc2ccccc2cc1S(=O)(=O)[O-].[Ca+2]. The molecule has 57 heavy (non-hydrogen) atoms. The van der Waals surface area contributed by atoms with Gasteiger partial charge in [0.1, 0.15) is 20.2 Å². The van der Waals surface area contributed by atoms with Gasteiger partial charge in [0, 0.05) is 0 Å². The largest absolute Gasteiger partial charge is 2.00 e. The average Bonchev–Trinajstić information content (AvgIpc) is 3.17. The first kappa shape index (κ1) is 51.6. The van der Waals surface area contributed by atoms with Crippen molar-refractivity contribution >= 4 is 79.5 Å². The zero-order valence-corrected chi connectivity index (χ0v) is 39.1. The van der Waals surface area contributed by atoms with E-state index in [0.717, 1.165) is 47.2 Å². The normalized spacial score (nSPS) is 11.7. The third-order valence-corrected chi connectivity index (χ3v) is 12.8. The van der Waals surface area contributed by atoms with Gasteiger partial charge in [0.25, 0.3) is 0 Å². The van der Waals surface area contributed by atoms with Gasteiger partial charge in [-0.05, 0) is 82.6 Å². The van der Waals surface area contributed by atoms with E-state index in [-0.39, 0.29) is 47.5 Å². The molecule has 0 N–H and O–H groups in total. The molecule has 4 aromatic carbocycles. The van der Waals surface area contributed by atoms with E-state index in [2.05, 4.69) is 13.8 Å². The third-order valence-electron chi connectivity index (χ3n) is 11.0. The molecule has 0 aliphatic carbocycles. The van der Waals surface area contributed by atoms with Crippen LogP contribution >= 0.6 is 0 Å². The fourth-order valence-electron chi connectivity index (χ4n) is 7.70. The predicted molar refractivity (Wildman–Crippen MR) is 239 cm³/mol. The van der Waals surface area contributed by atoms with Gasteiger partial charge in [-0.2, -0.15) is 0 Å². The zero-order valence-electron chi connectivity index (χ0n) is 35.3. The van der Waals surface area contributed by atoms with Crippen LogP contribution in [0.5, 0.6) is 0 Å². The second kappa shape index (κ2) is 29.7. The van der Waals surface area contributed by atoms with Gasteiger partial charge in [0.05, 0.1) is 9.79 Å². The molecule has 0 aliphatic heterocycles. The van der Waals surface area contributed by atoms with Gasteiger partial charge in [-0.1, -0.05) is 204 Å². The van der Waals surface area contributed by atoms with Gasteiger partial charge in [0.2, 0.25) is 0 Å². The molecule has 0 fully saturated rings. The van der Waals surface area contributed by atoms with Crippen LogP contribution in [-0.4, -0.2) is 63.7 Å². The molecule has 0 saturated carbocycles. The maximum atomic E-state index is 11.7. The van der Waals surface area contributed by atoms with E-state index >= 15 is 0 Å². The topological polar surface area (TPSA) is 114 Å². The van der Waals surface area contributed by atoms with Crippen molar-refractivity contribution in [3.63, 3.8) is 0 Å². The van der Waals surface area contributed by atoms with Crippen LogP contribution in [0.2, 0.25) is 0 Å². The summed E-state index contributed by atoms with van der Waals surface area (Å²) in [5.74, 6) is 0. The van der Waals surface area contributed by atoms with Crippen LogP contribution in [-0.2, 0) is 33.1 Å². The summed E-state index contributed by atoms with van der Waals surface area (Å²) < 4.78 is 70.0. The Labute approximate surface area is 376 Å². The predicted octanol–water partition coefficient (Wildman–Crippen LogP) is 13.6. The van der Waals surface area contributed by atoms with E-state index in [0.29, 0.717) is 24.0 Å². The fourth-order valence-corrected chi connectivity index (χ4v) is 9.21. The summed E-state index contributed by atoms with van der Waals surface area (Å²) in [4.78, 5) is -0.0939. The number of aryl methyl sites for hydroxylation is 2. The molecule has 0 unspecified atom stereocenters. The summed E-state index contributed by atoms with van der Waals surface area (Å²) in [6.45, 7) is 4.50. The Morgan fingerprint density at radius 2 is 0.596 bits per heavy atom. The van der Waals surface area contributed by atoms with Crippen molar-refractivity contribution in [3.8, 4) is 0 Å². The Morgan fingerprint density at radius 1 is 0.368 bits per heavy atom. The van der Waals surface area contributed by atoms with Crippen molar-refractivity contribution in [1.29, 1.82) is 0 Å². The Bertz CT molecular complexity index is 1770. The van der Waals surface area contributed by atoms with Crippen LogP contribution in [0.15, 0.2) is 82.6 Å². The molecule has 0 aromatic heterocycles. The van der Waals surface area contributed by atoms with Crippen molar-refractivity contribution in [2.24, 2.45) is 0 Å². The molecule has 312 valence electrons. The number of hydrogen-bond donors (Lipinski definition) is 0. The first-order chi connectivity index (χ1) is 27.0. The number of hydrogen-bond acceptors (Lipinski definition) is 6. The fraction of sp³-hybridized carbons (Fsp3) is 0.583. The Hall–Kier alpha value is -1.52. The molecule has 0 radical (unpaired) electrons. The first-order valence-electron chi connectivity index (χ1n) is 22.0. The van der Waals surface area contributed by atoms with Gasteiger partial charge in [0.15, 0.2) is 0 Å². The Balaban J connectivity index is 0.000000387. The summed E-state index contributed by atoms with van der Waals surface area (Å²) in [7, 11) is -8.88. The van der Waals surface area contributed by atoms with Gasteiger partial charge in [-0.15, -0.1) is 0 Å². The second-order valence-electron chi connectivity index (χ2n) is 15.8.